The molecule has 1 aromatic carbocycles. The summed E-state index contributed by atoms with van der Waals surface area (Å²) >= 11 is 17.8. The van der Waals surface area contributed by atoms with Crippen LogP contribution in [0.5, 0.6) is 0 Å². The van der Waals surface area contributed by atoms with Crippen LogP contribution in [0.4, 0.5) is 5.69 Å². The third-order valence-corrected chi connectivity index (χ3v) is 3.38. The van der Waals surface area contributed by atoms with Crippen LogP contribution in [0.15, 0.2) is 24.3 Å². The van der Waals surface area contributed by atoms with E-state index in [0.717, 1.165) is 23.2 Å². The maximum absolute atomic E-state index is 11.6. The molecule has 1 aromatic rings. The van der Waals surface area contributed by atoms with E-state index >= 15 is 0 Å². The highest BCUT2D eigenvalue weighted by Gasteiger charge is 2.34. The van der Waals surface area contributed by atoms with Gasteiger partial charge in [-0.3, -0.25) is 4.79 Å². The van der Waals surface area contributed by atoms with Gasteiger partial charge in [0.05, 0.1) is 12.1 Å². The van der Waals surface area contributed by atoms with Gasteiger partial charge in [0.2, 0.25) is 5.91 Å². The average molecular weight is 283 g/mol. The molecule has 1 amide bonds. The first-order chi connectivity index (χ1) is 6.97. The summed E-state index contributed by atoms with van der Waals surface area (Å²) < 4.78 is -0.0879. The minimum absolute atomic E-state index is 0.0625. The van der Waals surface area contributed by atoms with Crippen molar-refractivity contribution in [2.24, 2.45) is 0 Å². The predicted octanol–water partition coefficient (Wildman–Crippen LogP) is 3.55. The van der Waals surface area contributed by atoms with Crippen LogP contribution in [0.1, 0.15) is 5.56 Å². The zero-order valence-corrected chi connectivity index (χ0v) is 10.5. The molecule has 0 spiro atoms. The number of anilines is 1. The Balaban J connectivity index is 2.30. The SMILES string of the molecule is O=C1Cc2ccccc2N1SC(Cl)(Cl)Cl. The number of nitrogens with zero attached hydrogens (tertiary/aromatic N) is 1. The summed E-state index contributed by atoms with van der Waals surface area (Å²) in [7, 11) is 0. The van der Waals surface area contributed by atoms with E-state index in [4.69, 9.17) is 34.8 Å². The van der Waals surface area contributed by atoms with Crippen molar-refractivity contribution >= 4 is 58.3 Å². The molecular formula is C9H6Cl3NOS. The fourth-order valence-corrected chi connectivity index (χ4v) is 2.70. The van der Waals surface area contributed by atoms with Crippen molar-refractivity contribution in [3.8, 4) is 0 Å². The largest absolute Gasteiger partial charge is 0.273 e. The normalized spacial score (nSPS) is 15.7. The van der Waals surface area contributed by atoms with E-state index in [1.165, 1.54) is 4.31 Å². The molecule has 2 nitrogen and oxygen atoms in total. The zero-order valence-electron chi connectivity index (χ0n) is 7.41. The molecule has 6 heteroatoms. The predicted molar refractivity (Wildman–Crippen MR) is 65.5 cm³/mol. The smallest absolute Gasteiger partial charge is 0.256 e. The lowest BCUT2D eigenvalue weighted by molar-refractivity contribution is -0.116. The van der Waals surface area contributed by atoms with Crippen molar-refractivity contribution in [1.82, 2.24) is 0 Å². The highest BCUT2D eigenvalue weighted by atomic mass is 35.6. The Kier molecular flexibility index (Phi) is 3.08. The molecular weight excluding hydrogens is 277 g/mol. The zero-order chi connectivity index (χ0) is 11.1. The molecule has 1 aliphatic rings. The topological polar surface area (TPSA) is 20.3 Å². The summed E-state index contributed by atoms with van der Waals surface area (Å²) in [6, 6.07) is 7.47. The number of rotatable bonds is 1. The van der Waals surface area contributed by atoms with Crippen molar-refractivity contribution in [3.63, 3.8) is 0 Å². The summed E-state index contributed by atoms with van der Waals surface area (Å²) in [5.74, 6) is -0.0625. The first-order valence-corrected chi connectivity index (χ1v) is 6.05. The molecule has 0 aromatic heterocycles. The first-order valence-electron chi connectivity index (χ1n) is 4.14. The molecule has 1 heterocycles. The van der Waals surface area contributed by atoms with E-state index < -0.39 is 3.12 Å². The lowest BCUT2D eigenvalue weighted by atomic mass is 10.2. The van der Waals surface area contributed by atoms with Crippen LogP contribution < -0.4 is 4.31 Å². The number of carbonyl (C=O) groups is 1. The van der Waals surface area contributed by atoms with Gasteiger partial charge in [0.15, 0.2) is 0 Å². The lowest BCUT2D eigenvalue weighted by Gasteiger charge is -2.20. The average Bonchev–Trinajstić information content (AvgIpc) is 2.41. The Morgan fingerprint density at radius 3 is 2.60 bits per heavy atom. The minimum Gasteiger partial charge on any atom is -0.273 e. The van der Waals surface area contributed by atoms with Crippen LogP contribution in [0, 0.1) is 0 Å². The fraction of sp³-hybridized carbons (Fsp3) is 0.222. The van der Waals surface area contributed by atoms with E-state index in [9.17, 15) is 4.79 Å². The van der Waals surface area contributed by atoms with Crippen molar-refractivity contribution in [2.75, 3.05) is 4.31 Å². The van der Waals surface area contributed by atoms with Crippen molar-refractivity contribution in [2.45, 2.75) is 9.55 Å². The second kappa shape index (κ2) is 4.06. The minimum atomic E-state index is -1.52. The highest BCUT2D eigenvalue weighted by molar-refractivity contribution is 8.06. The molecule has 0 radical (unpaired) electrons. The van der Waals surface area contributed by atoms with Gasteiger partial charge in [0, 0.05) is 11.9 Å². The van der Waals surface area contributed by atoms with Gasteiger partial charge in [-0.2, -0.15) is 0 Å². The number of fused-ring (bicyclic) bond motifs is 1. The molecule has 0 N–H and O–H groups in total. The van der Waals surface area contributed by atoms with Gasteiger partial charge in [0.1, 0.15) is 0 Å². The Morgan fingerprint density at radius 1 is 1.27 bits per heavy atom. The Hall–Kier alpha value is -0.0900. The molecule has 80 valence electrons. The third kappa shape index (κ3) is 2.53. The number of hydrogen-bond donors (Lipinski definition) is 0. The molecule has 0 atom stereocenters. The standard InChI is InChI=1S/C9H6Cl3NOS/c10-9(11,12)15-13-7-4-2-1-3-6(7)5-8(13)14/h1-4H,5H2. The number of halogens is 3. The molecule has 0 unspecified atom stereocenters. The van der Waals surface area contributed by atoms with Crippen LogP contribution >= 0.6 is 46.8 Å². The number of hydrogen-bond acceptors (Lipinski definition) is 2. The second-order valence-electron chi connectivity index (χ2n) is 3.03. The number of carbonyl (C=O) groups excluding carboxylic acids is 1. The molecule has 2 rings (SSSR count). The Labute approximate surface area is 107 Å². The number of amides is 1. The van der Waals surface area contributed by atoms with Crippen LogP contribution in [0.25, 0.3) is 0 Å². The van der Waals surface area contributed by atoms with Crippen LogP contribution in [0.3, 0.4) is 0 Å². The van der Waals surface area contributed by atoms with E-state index in [-0.39, 0.29) is 5.91 Å². The van der Waals surface area contributed by atoms with Gasteiger partial charge in [0.25, 0.3) is 3.12 Å². The Bertz CT molecular complexity index is 405. The van der Waals surface area contributed by atoms with E-state index in [1.807, 2.05) is 24.3 Å². The van der Waals surface area contributed by atoms with Gasteiger partial charge in [-0.15, -0.1) is 0 Å². The van der Waals surface area contributed by atoms with Gasteiger partial charge in [-0.1, -0.05) is 53.0 Å². The van der Waals surface area contributed by atoms with Gasteiger partial charge >= 0.3 is 0 Å². The fourth-order valence-electron chi connectivity index (χ4n) is 1.43. The summed E-state index contributed by atoms with van der Waals surface area (Å²) in [6.45, 7) is 0. The third-order valence-electron chi connectivity index (χ3n) is 1.97. The van der Waals surface area contributed by atoms with Crippen LogP contribution in [-0.2, 0) is 11.2 Å². The van der Waals surface area contributed by atoms with Crippen molar-refractivity contribution in [3.05, 3.63) is 29.8 Å². The van der Waals surface area contributed by atoms with Crippen LogP contribution in [0.2, 0.25) is 0 Å². The maximum Gasteiger partial charge on any atom is 0.256 e. The molecule has 0 bridgehead atoms. The molecule has 1 aliphatic heterocycles. The monoisotopic (exact) mass is 281 g/mol. The quantitative estimate of drug-likeness (QED) is 0.580. The van der Waals surface area contributed by atoms with E-state index in [1.54, 1.807) is 0 Å². The number of para-hydroxylation sites is 1. The van der Waals surface area contributed by atoms with Gasteiger partial charge < -0.3 is 0 Å². The summed E-state index contributed by atoms with van der Waals surface area (Å²) in [6.07, 6.45) is 0.365. The molecule has 0 saturated heterocycles. The summed E-state index contributed by atoms with van der Waals surface area (Å²) in [5.41, 5.74) is 1.77. The van der Waals surface area contributed by atoms with Gasteiger partial charge in [-0.05, 0) is 11.6 Å². The van der Waals surface area contributed by atoms with Crippen molar-refractivity contribution < 1.29 is 4.79 Å². The van der Waals surface area contributed by atoms with Crippen molar-refractivity contribution in [1.29, 1.82) is 0 Å². The van der Waals surface area contributed by atoms with Gasteiger partial charge in [-0.25, -0.2) is 4.31 Å². The lowest BCUT2D eigenvalue weighted by Crippen LogP contribution is -2.22. The molecule has 0 saturated carbocycles. The molecule has 15 heavy (non-hydrogen) atoms. The Morgan fingerprint density at radius 2 is 1.93 bits per heavy atom. The molecule has 0 fully saturated rings. The van der Waals surface area contributed by atoms with Crippen LogP contribution in [-0.4, -0.2) is 9.03 Å². The van der Waals surface area contributed by atoms with E-state index in [0.29, 0.717) is 6.42 Å². The first kappa shape index (κ1) is 11.4. The summed E-state index contributed by atoms with van der Waals surface area (Å²) in [5, 5.41) is 0. The molecule has 0 aliphatic carbocycles. The number of benzene rings is 1. The maximum atomic E-state index is 11.6. The highest BCUT2D eigenvalue weighted by Crippen LogP contribution is 2.45. The summed E-state index contributed by atoms with van der Waals surface area (Å²) in [4.78, 5) is 11.6. The van der Waals surface area contributed by atoms with E-state index in [2.05, 4.69) is 0 Å². The number of alkyl halides is 3. The second-order valence-corrected chi connectivity index (χ2v) is 7.14.